The minimum absolute atomic E-state index is 0. The predicted octanol–water partition coefficient (Wildman–Crippen LogP) is 3.27. The molecular formula is C23H31ClN2O3. The number of ether oxygens (including phenoxy) is 1. The zero-order chi connectivity index (χ0) is 19.9. The van der Waals surface area contributed by atoms with Crippen LogP contribution in [0.15, 0.2) is 48.5 Å². The number of piperidine rings is 1. The number of amides is 1. The molecule has 2 aromatic rings. The number of carbonyl (C=O) groups is 1. The monoisotopic (exact) mass is 418 g/mol. The topological polar surface area (TPSA) is 53.0 Å². The van der Waals surface area contributed by atoms with E-state index in [1.54, 1.807) is 7.11 Å². The normalized spacial score (nSPS) is 14.9. The summed E-state index contributed by atoms with van der Waals surface area (Å²) >= 11 is 0. The molecule has 0 aliphatic carbocycles. The minimum atomic E-state index is 0. The molecule has 6 heteroatoms. The first-order valence-corrected chi connectivity index (χ1v) is 9.88. The Morgan fingerprint density at radius 3 is 2.14 bits per heavy atom. The van der Waals surface area contributed by atoms with Crippen molar-refractivity contribution >= 4 is 18.3 Å². The van der Waals surface area contributed by atoms with Gasteiger partial charge in [-0.15, -0.1) is 12.4 Å². The maximum absolute atomic E-state index is 13.2. The summed E-state index contributed by atoms with van der Waals surface area (Å²) in [6.45, 7) is 2.67. The van der Waals surface area contributed by atoms with Gasteiger partial charge in [0.05, 0.1) is 20.1 Å². The first-order chi connectivity index (χ1) is 13.6. The van der Waals surface area contributed by atoms with Crippen molar-refractivity contribution in [2.45, 2.75) is 38.5 Å². The molecule has 29 heavy (non-hydrogen) atoms. The fraction of sp³-hybridized carbons (Fsp3) is 0.435. The molecule has 1 fully saturated rings. The molecule has 2 aromatic carbocycles. The number of methoxy groups -OCH3 is 1. The molecule has 0 atom stereocenters. The Morgan fingerprint density at radius 2 is 1.59 bits per heavy atom. The summed E-state index contributed by atoms with van der Waals surface area (Å²) in [5.41, 5.74) is 2.98. The van der Waals surface area contributed by atoms with Crippen LogP contribution in [0, 0.1) is 0 Å². The zero-order valence-electron chi connectivity index (χ0n) is 17.2. The van der Waals surface area contributed by atoms with Gasteiger partial charge in [0.2, 0.25) is 5.91 Å². The van der Waals surface area contributed by atoms with E-state index in [2.05, 4.69) is 11.9 Å². The number of hydrogen-bond acceptors (Lipinski definition) is 4. The molecule has 1 heterocycles. The van der Waals surface area contributed by atoms with Gasteiger partial charge in [-0.2, -0.15) is 0 Å². The highest BCUT2D eigenvalue weighted by molar-refractivity contribution is 5.85. The second-order valence-corrected chi connectivity index (χ2v) is 7.56. The standard InChI is InChI=1S/C23H30N2O3.ClH/c1-24-13-11-21(12-14-24)25(16-19-3-5-20(17-26)6-4-19)23(27)15-18-7-9-22(28-2)10-8-18;/h3-10,21,26H,11-17H2,1-2H3;1H. The van der Waals surface area contributed by atoms with Crippen LogP contribution in [0.25, 0.3) is 0 Å². The average molecular weight is 419 g/mol. The van der Waals surface area contributed by atoms with Crippen molar-refractivity contribution in [3.05, 3.63) is 65.2 Å². The van der Waals surface area contributed by atoms with Crippen molar-refractivity contribution in [2.75, 3.05) is 27.2 Å². The quantitative estimate of drug-likeness (QED) is 0.749. The molecule has 0 radical (unpaired) electrons. The van der Waals surface area contributed by atoms with Crippen LogP contribution in [-0.4, -0.2) is 54.1 Å². The van der Waals surface area contributed by atoms with Crippen LogP contribution in [0.2, 0.25) is 0 Å². The Morgan fingerprint density at radius 1 is 1.03 bits per heavy atom. The van der Waals surface area contributed by atoms with Crippen LogP contribution in [0.1, 0.15) is 29.5 Å². The number of benzene rings is 2. The van der Waals surface area contributed by atoms with Gasteiger partial charge in [-0.1, -0.05) is 36.4 Å². The minimum Gasteiger partial charge on any atom is -0.497 e. The Balaban J connectivity index is 0.00000300. The Labute approximate surface area is 179 Å². The van der Waals surface area contributed by atoms with E-state index in [-0.39, 0.29) is 31.0 Å². The summed E-state index contributed by atoms with van der Waals surface area (Å²) in [4.78, 5) is 17.6. The summed E-state index contributed by atoms with van der Waals surface area (Å²) in [5.74, 6) is 0.957. The lowest BCUT2D eigenvalue weighted by molar-refractivity contribution is -0.134. The van der Waals surface area contributed by atoms with Crippen LogP contribution >= 0.6 is 12.4 Å². The highest BCUT2D eigenvalue weighted by Gasteiger charge is 2.27. The number of hydrogen-bond donors (Lipinski definition) is 1. The van der Waals surface area contributed by atoms with E-state index in [1.165, 1.54) is 0 Å². The van der Waals surface area contributed by atoms with Crippen LogP contribution < -0.4 is 4.74 Å². The summed E-state index contributed by atoms with van der Waals surface area (Å²) in [6.07, 6.45) is 2.39. The van der Waals surface area contributed by atoms with Gasteiger partial charge in [0.1, 0.15) is 5.75 Å². The molecule has 158 valence electrons. The van der Waals surface area contributed by atoms with Crippen molar-refractivity contribution in [1.29, 1.82) is 0 Å². The van der Waals surface area contributed by atoms with E-state index in [4.69, 9.17) is 4.74 Å². The number of halogens is 1. The summed E-state index contributed by atoms with van der Waals surface area (Å²) in [6, 6.07) is 15.8. The van der Waals surface area contributed by atoms with Gasteiger partial charge in [-0.05, 0) is 61.8 Å². The second kappa shape index (κ2) is 11.2. The van der Waals surface area contributed by atoms with E-state index in [0.717, 1.165) is 48.4 Å². The van der Waals surface area contributed by atoms with Crippen molar-refractivity contribution in [1.82, 2.24) is 9.80 Å². The van der Waals surface area contributed by atoms with Gasteiger partial charge in [-0.3, -0.25) is 4.79 Å². The van der Waals surface area contributed by atoms with Gasteiger partial charge in [0, 0.05) is 12.6 Å². The molecule has 1 aliphatic heterocycles. The molecule has 0 bridgehead atoms. The summed E-state index contributed by atoms with van der Waals surface area (Å²) in [7, 11) is 3.78. The first kappa shape index (κ1) is 23.2. The molecule has 1 amide bonds. The predicted molar refractivity (Wildman–Crippen MR) is 117 cm³/mol. The zero-order valence-corrected chi connectivity index (χ0v) is 18.0. The van der Waals surface area contributed by atoms with Crippen molar-refractivity contribution < 1.29 is 14.6 Å². The molecule has 0 saturated carbocycles. The number of aliphatic hydroxyl groups excluding tert-OH is 1. The van der Waals surface area contributed by atoms with E-state index >= 15 is 0 Å². The van der Waals surface area contributed by atoms with Gasteiger partial charge in [0.25, 0.3) is 0 Å². The number of rotatable bonds is 7. The van der Waals surface area contributed by atoms with Gasteiger partial charge >= 0.3 is 0 Å². The van der Waals surface area contributed by atoms with E-state index in [1.807, 2.05) is 53.4 Å². The van der Waals surface area contributed by atoms with Crippen LogP contribution in [0.5, 0.6) is 5.75 Å². The number of carbonyl (C=O) groups excluding carboxylic acids is 1. The maximum Gasteiger partial charge on any atom is 0.227 e. The van der Waals surface area contributed by atoms with Crippen molar-refractivity contribution in [2.24, 2.45) is 0 Å². The molecule has 3 rings (SSSR count). The van der Waals surface area contributed by atoms with Crippen LogP contribution in [-0.2, 0) is 24.4 Å². The molecule has 0 spiro atoms. The Bertz CT molecular complexity index is 757. The highest BCUT2D eigenvalue weighted by atomic mass is 35.5. The lowest BCUT2D eigenvalue weighted by Gasteiger charge is -2.37. The van der Waals surface area contributed by atoms with Crippen LogP contribution in [0.4, 0.5) is 0 Å². The van der Waals surface area contributed by atoms with Gasteiger partial charge in [0.15, 0.2) is 0 Å². The van der Waals surface area contributed by atoms with E-state index < -0.39 is 0 Å². The molecule has 5 nitrogen and oxygen atoms in total. The number of likely N-dealkylation sites (tertiary alicyclic amines) is 1. The van der Waals surface area contributed by atoms with Crippen LogP contribution in [0.3, 0.4) is 0 Å². The molecule has 0 aromatic heterocycles. The highest BCUT2D eigenvalue weighted by Crippen LogP contribution is 2.21. The molecular weight excluding hydrogens is 388 g/mol. The fourth-order valence-electron chi connectivity index (χ4n) is 3.69. The van der Waals surface area contributed by atoms with E-state index in [0.29, 0.717) is 13.0 Å². The average Bonchev–Trinajstić information content (AvgIpc) is 2.73. The number of nitrogens with zero attached hydrogens (tertiary/aromatic N) is 2. The molecule has 1 saturated heterocycles. The summed E-state index contributed by atoms with van der Waals surface area (Å²) < 4.78 is 5.21. The van der Waals surface area contributed by atoms with Crippen molar-refractivity contribution in [3.8, 4) is 5.75 Å². The first-order valence-electron chi connectivity index (χ1n) is 9.88. The van der Waals surface area contributed by atoms with Crippen molar-refractivity contribution in [3.63, 3.8) is 0 Å². The largest absolute Gasteiger partial charge is 0.497 e. The Kier molecular flexibility index (Phi) is 8.96. The third kappa shape index (κ3) is 6.46. The second-order valence-electron chi connectivity index (χ2n) is 7.56. The van der Waals surface area contributed by atoms with E-state index in [9.17, 15) is 9.90 Å². The molecule has 1 N–H and O–H groups in total. The fourth-order valence-corrected chi connectivity index (χ4v) is 3.69. The smallest absolute Gasteiger partial charge is 0.227 e. The Hall–Kier alpha value is -2.08. The SMILES string of the molecule is COc1ccc(CC(=O)N(Cc2ccc(CO)cc2)C2CCN(C)CC2)cc1.Cl. The number of aliphatic hydroxyl groups is 1. The molecule has 1 aliphatic rings. The lowest BCUT2D eigenvalue weighted by atomic mass is 10.0. The maximum atomic E-state index is 13.2. The van der Waals surface area contributed by atoms with Gasteiger partial charge in [-0.25, -0.2) is 0 Å². The lowest BCUT2D eigenvalue weighted by Crippen LogP contribution is -2.46. The third-order valence-corrected chi connectivity index (χ3v) is 5.52. The third-order valence-electron chi connectivity index (χ3n) is 5.52. The summed E-state index contributed by atoms with van der Waals surface area (Å²) in [5, 5.41) is 9.25. The van der Waals surface area contributed by atoms with Gasteiger partial charge < -0.3 is 19.6 Å². The molecule has 0 unspecified atom stereocenters.